The van der Waals surface area contributed by atoms with Crippen molar-refractivity contribution in [3.63, 3.8) is 0 Å². The predicted octanol–water partition coefficient (Wildman–Crippen LogP) is 12.7. The van der Waals surface area contributed by atoms with Crippen molar-refractivity contribution in [2.75, 3.05) is 33.2 Å². The maximum Gasteiger partial charge on any atom is 0.410 e. The smallest absolute Gasteiger partial charge is 0.410 e. The summed E-state index contributed by atoms with van der Waals surface area (Å²) in [7, 11) is 0. The van der Waals surface area contributed by atoms with Crippen LogP contribution < -0.4 is 16.8 Å². The summed E-state index contributed by atoms with van der Waals surface area (Å²) in [5.74, 6) is -12.8. The number of rotatable bonds is 30. The van der Waals surface area contributed by atoms with Gasteiger partial charge in [-0.1, -0.05) is 41.5 Å². The van der Waals surface area contributed by atoms with Crippen molar-refractivity contribution in [3.8, 4) is 22.8 Å². The summed E-state index contributed by atoms with van der Waals surface area (Å²) in [5, 5.41) is 5.09. The number of fused-ring (bicyclic) bond motifs is 4. The molecule has 8 aromatic rings. The normalized spacial score (nSPS) is 21.3. The number of carbonyl (C=O) groups excluding carboxylic acids is 12. The number of hydrogen-bond donors (Lipinski definition) is 7. The number of aromatic nitrogens is 4. The number of ketones is 1. The molecule has 8 heterocycles. The first kappa shape index (κ1) is 90.3. The molecule has 130 heavy (non-hydrogen) atoms. The highest BCUT2D eigenvalue weighted by atomic mass is 19.1. The van der Waals surface area contributed by atoms with Gasteiger partial charge in [-0.3, -0.25) is 57.6 Å². The van der Waals surface area contributed by atoms with Crippen LogP contribution in [0.4, 0.5) is 22.4 Å². The fourth-order valence-corrected chi connectivity index (χ4v) is 18.2. The lowest BCUT2D eigenvalue weighted by molar-refractivity contribution is -0.162. The van der Waals surface area contributed by atoms with Gasteiger partial charge in [-0.15, -0.1) is 0 Å². The number of hydrogen-bond acceptors (Lipinski definition) is 20. The standard InChI is InChI=1S/C58H78F2N6O12.C38H46F2N6O6/c1-15-35(21-49(69)30(3)31(4)55(73)77-57(8,9)10)53(71)65-28-40(75-33(6)67)24-38(65)26-44-42-19-17-36(59)22-47(42)61-50(44)51-45(43-20-18-37(60)23-48(43)62-51)27-39-25-41(76-34(7)68)29-66(39)54(72)46(16-2)63-52(70)32(5)64(14)56(74)78-58(11,12)13;1-5-31(41)37(49)45-17-25(51-19(3)47)13-23(45)15-29-27-9-7-21(39)11-33(27)43-35(29)36-30(28-10-8-22(40)12-34(28)44-36)16-24-14-26(52-20(4)48)18-46(24)38(50)32(42)6-2/h17-20,22-23,30-32,35,38-41,46,61-62H,15-16,21,24-29H2,1-14H3,(H,63,70);7-12,23-26,31-32,43-44H,5-6,13-18,41-42H2,1-4H3/t30-,31?,32+,35-,38+,39+,40+,41+,46+;23-,24-,25-,26-,31-,32-/m10/s1/i4D3,14D3;. The molecule has 0 spiro atoms. The SMILES string of the molecule is CC[C@H](N)C(=O)N1C[C@@H](OC(C)=O)C[C@H]1Cc1c(-c2[nH]c3cc(F)ccc3c2C[C@@H]2C[C@H](OC(C)=O)CN2C(=O)[C@@H](N)CC)[nH]c2cc(F)ccc12.[2H]C([2H])([2H])C(C(=O)OC(C)(C)C)[C@@H](C)C(=O)C[C@@H](CC)C(=O)N1C[C@@H](OC(C)=O)C[C@H]1Cc1c(-c2[nH]c3cc(F)ccc3c2C[C@@H]2C[C@H](OC(C)=O)CN2C(=O)[C@H](CC)NC(=O)[C@H](C)N(C(=O)OC(C)(C)C)C([2H])([2H])[2H])[nH]c2cc(F)ccc12. The van der Waals surface area contributed by atoms with Crippen molar-refractivity contribution in [2.24, 2.45) is 29.2 Å². The molecule has 4 fully saturated rings. The molecule has 9 N–H and O–H groups in total. The number of nitrogens with one attached hydrogen (secondary N) is 5. The van der Waals surface area contributed by atoms with Crippen LogP contribution in [0.2, 0.25) is 0 Å². The fraction of sp³-hybridized carbons (Fsp3) is 0.542. The van der Waals surface area contributed by atoms with E-state index in [0.29, 0.717) is 110 Å². The molecular formula is C96H124F4N12O18. The maximum absolute atomic E-state index is 15.3. The van der Waals surface area contributed by atoms with Gasteiger partial charge in [0.25, 0.3) is 0 Å². The van der Waals surface area contributed by atoms with Crippen LogP contribution >= 0.6 is 0 Å². The number of Topliss-reactive ketones (excluding diaryl/α,β-unsaturated/α-hetero) is 1. The number of carbonyl (C=O) groups is 12. The van der Waals surface area contributed by atoms with Crippen molar-refractivity contribution in [1.29, 1.82) is 0 Å². The average molecular weight is 1820 g/mol. The number of H-pyrrole nitrogens is 4. The molecule has 12 rings (SSSR count). The van der Waals surface area contributed by atoms with Crippen LogP contribution in [0.15, 0.2) is 72.8 Å². The Morgan fingerprint density at radius 1 is 0.462 bits per heavy atom. The summed E-state index contributed by atoms with van der Waals surface area (Å²) in [4.78, 5) is 180. The molecule has 0 bridgehead atoms. The van der Waals surface area contributed by atoms with E-state index in [-0.39, 0.29) is 76.5 Å². The van der Waals surface area contributed by atoms with E-state index in [0.717, 1.165) is 21.9 Å². The molecule has 30 nitrogen and oxygen atoms in total. The minimum atomic E-state index is -3.12. The molecule has 0 aliphatic carbocycles. The molecule has 4 saturated heterocycles. The molecule has 4 aromatic heterocycles. The largest absolute Gasteiger partial charge is 0.461 e. The lowest BCUT2D eigenvalue weighted by atomic mass is 9.85. The summed E-state index contributed by atoms with van der Waals surface area (Å²) in [6, 6.07) is 10.3. The van der Waals surface area contributed by atoms with Crippen molar-refractivity contribution < 1.29 is 112 Å². The number of halogens is 4. The van der Waals surface area contributed by atoms with Crippen LogP contribution in [0.1, 0.15) is 206 Å². The van der Waals surface area contributed by atoms with E-state index in [1.54, 1.807) is 68.7 Å². The van der Waals surface area contributed by atoms with Crippen LogP contribution in [0.5, 0.6) is 0 Å². The van der Waals surface area contributed by atoms with Gasteiger partial charge in [-0.05, 0) is 195 Å². The molecule has 15 atom stereocenters. The van der Waals surface area contributed by atoms with E-state index < -0.39 is 205 Å². The zero-order chi connectivity index (χ0) is 100. The van der Waals surface area contributed by atoms with Gasteiger partial charge in [0, 0.05) is 155 Å². The van der Waals surface area contributed by atoms with Crippen LogP contribution in [-0.4, -0.2) is 233 Å². The molecule has 704 valence electrons. The van der Waals surface area contributed by atoms with Gasteiger partial charge in [-0.2, -0.15) is 0 Å². The number of likely N-dealkylation sites (N-methyl/N-ethyl adjacent to an activating group) is 1. The molecule has 0 saturated carbocycles. The third kappa shape index (κ3) is 23.2. The van der Waals surface area contributed by atoms with E-state index in [2.05, 4.69) is 25.3 Å². The van der Waals surface area contributed by atoms with Gasteiger partial charge in [0.05, 0.1) is 67.0 Å². The van der Waals surface area contributed by atoms with Crippen molar-refractivity contribution in [2.45, 2.75) is 285 Å². The minimum Gasteiger partial charge on any atom is -0.461 e. The molecule has 6 amide bonds. The quantitative estimate of drug-likeness (QED) is 0.0125. The zero-order valence-corrected chi connectivity index (χ0v) is 76.4. The Morgan fingerprint density at radius 2 is 0.777 bits per heavy atom. The second-order valence-corrected chi connectivity index (χ2v) is 36.5. The van der Waals surface area contributed by atoms with Gasteiger partial charge < -0.3 is 84.7 Å². The summed E-state index contributed by atoms with van der Waals surface area (Å²) in [6.45, 7) is 18.0. The number of amides is 6. The first-order chi connectivity index (χ1) is 63.6. The predicted molar refractivity (Wildman–Crippen MR) is 478 cm³/mol. The van der Waals surface area contributed by atoms with Crippen molar-refractivity contribution >= 4 is 115 Å². The first-order valence-corrected chi connectivity index (χ1v) is 44.3. The Kier molecular flexibility index (Phi) is 28.6. The Bertz CT molecular complexity index is 5500. The minimum absolute atomic E-state index is 0.00181. The third-order valence-corrected chi connectivity index (χ3v) is 24.6. The number of likely N-dealkylation sites (tertiary alicyclic amines) is 4. The van der Waals surface area contributed by atoms with E-state index in [1.165, 1.54) is 121 Å². The first-order valence-electron chi connectivity index (χ1n) is 47.3. The van der Waals surface area contributed by atoms with E-state index >= 15 is 8.78 Å². The number of esters is 5. The van der Waals surface area contributed by atoms with Gasteiger partial charge in [-0.25, -0.2) is 22.4 Å². The topological polar surface area (TPSA) is 404 Å². The van der Waals surface area contributed by atoms with E-state index in [9.17, 15) is 66.3 Å². The molecule has 4 aromatic carbocycles. The number of benzene rings is 4. The summed E-state index contributed by atoms with van der Waals surface area (Å²) in [6.07, 6.45) is -1.87. The summed E-state index contributed by atoms with van der Waals surface area (Å²) < 4.78 is 142. The number of aromatic amines is 4. The Labute approximate surface area is 761 Å². The van der Waals surface area contributed by atoms with E-state index in [4.69, 9.17) is 48.1 Å². The lowest BCUT2D eigenvalue weighted by Crippen LogP contribution is -2.55. The van der Waals surface area contributed by atoms with Crippen LogP contribution in [-0.2, 0) is 107 Å². The number of nitrogens with two attached hydrogens (primary N) is 2. The molecule has 4 aliphatic rings. The van der Waals surface area contributed by atoms with Gasteiger partial charge in [0.1, 0.15) is 76.8 Å². The highest BCUT2D eigenvalue weighted by molar-refractivity contribution is 5.99. The van der Waals surface area contributed by atoms with E-state index in [1.807, 2.05) is 13.8 Å². The third-order valence-electron chi connectivity index (χ3n) is 24.6. The summed E-state index contributed by atoms with van der Waals surface area (Å²) in [5.41, 5.74) is 16.5. The van der Waals surface area contributed by atoms with Crippen LogP contribution in [0, 0.1) is 41.0 Å². The molecule has 34 heteroatoms. The maximum atomic E-state index is 15.3. The Morgan fingerprint density at radius 3 is 1.05 bits per heavy atom. The zero-order valence-electron chi connectivity index (χ0n) is 82.4. The van der Waals surface area contributed by atoms with Crippen molar-refractivity contribution in [1.82, 2.24) is 49.8 Å². The van der Waals surface area contributed by atoms with Gasteiger partial charge >= 0.3 is 35.9 Å². The molecular weight excluding hydrogens is 1690 g/mol. The Balaban J connectivity index is 0.000000291. The van der Waals surface area contributed by atoms with Gasteiger partial charge in [0.15, 0.2) is 0 Å². The Hall–Kier alpha value is -11.7. The molecule has 1 unspecified atom stereocenters. The van der Waals surface area contributed by atoms with Crippen molar-refractivity contribution in [3.05, 3.63) is 118 Å². The second-order valence-electron chi connectivity index (χ2n) is 36.5. The summed E-state index contributed by atoms with van der Waals surface area (Å²) >= 11 is 0. The molecule has 0 radical (unpaired) electrons. The monoisotopic (exact) mass is 1810 g/mol. The average Bonchev–Trinajstić information content (AvgIpc) is 1.59. The fourth-order valence-electron chi connectivity index (χ4n) is 18.2. The number of ether oxygens (including phenoxy) is 6. The molecule has 4 aliphatic heterocycles. The van der Waals surface area contributed by atoms with Crippen LogP contribution in [0.25, 0.3) is 66.4 Å². The van der Waals surface area contributed by atoms with Gasteiger partial charge in [0.2, 0.25) is 29.5 Å². The lowest BCUT2D eigenvalue weighted by Gasteiger charge is -2.31. The highest BCUT2D eigenvalue weighted by Crippen LogP contribution is 2.44. The highest BCUT2D eigenvalue weighted by Gasteiger charge is 2.47. The van der Waals surface area contributed by atoms with Crippen LogP contribution in [0.3, 0.4) is 0 Å². The second kappa shape index (κ2) is 41.2. The number of nitrogens with zero attached hydrogens (tertiary/aromatic N) is 5.